The Hall–Kier alpha value is -2.21. The van der Waals surface area contributed by atoms with E-state index in [2.05, 4.69) is 41.3 Å². The number of carbonyl (C=O) groups excluding carboxylic acids is 1. The SMILES string of the molecule is Cc1ccc(-c2cn3nc(N4CCCCC4=O)sc3n2)cc1. The summed E-state index contributed by atoms with van der Waals surface area (Å²) >= 11 is 1.47. The van der Waals surface area contributed by atoms with Crippen LogP contribution in [0.15, 0.2) is 30.5 Å². The summed E-state index contributed by atoms with van der Waals surface area (Å²) in [6.07, 6.45) is 4.57. The standard InChI is InChI=1S/C16H16N4OS/c1-11-5-7-12(8-6-11)13-10-20-15(17-13)22-16(18-20)19-9-3-2-4-14(19)21/h5-8,10H,2-4,9H2,1H3. The Bertz CT molecular complexity index is 802. The summed E-state index contributed by atoms with van der Waals surface area (Å²) in [5.74, 6) is 0.169. The number of imidazole rings is 1. The van der Waals surface area contributed by atoms with Gasteiger partial charge < -0.3 is 0 Å². The lowest BCUT2D eigenvalue weighted by atomic mass is 10.1. The Labute approximate surface area is 132 Å². The monoisotopic (exact) mass is 312 g/mol. The van der Waals surface area contributed by atoms with Gasteiger partial charge in [0.1, 0.15) is 0 Å². The van der Waals surface area contributed by atoms with Gasteiger partial charge in [-0.2, -0.15) is 0 Å². The highest BCUT2D eigenvalue weighted by atomic mass is 32.1. The van der Waals surface area contributed by atoms with E-state index in [1.165, 1.54) is 16.9 Å². The van der Waals surface area contributed by atoms with Crippen molar-refractivity contribution < 1.29 is 4.79 Å². The van der Waals surface area contributed by atoms with Crippen LogP contribution in [0, 0.1) is 6.92 Å². The first-order chi connectivity index (χ1) is 10.7. The van der Waals surface area contributed by atoms with E-state index >= 15 is 0 Å². The topological polar surface area (TPSA) is 50.5 Å². The van der Waals surface area contributed by atoms with E-state index in [0.717, 1.165) is 40.7 Å². The Morgan fingerprint density at radius 3 is 2.73 bits per heavy atom. The molecule has 5 nitrogen and oxygen atoms in total. The maximum absolute atomic E-state index is 12.0. The van der Waals surface area contributed by atoms with Crippen LogP contribution < -0.4 is 4.90 Å². The van der Waals surface area contributed by atoms with Gasteiger partial charge in [0.2, 0.25) is 16.0 Å². The van der Waals surface area contributed by atoms with E-state index in [1.54, 1.807) is 9.42 Å². The van der Waals surface area contributed by atoms with Crippen LogP contribution >= 0.6 is 11.3 Å². The molecule has 0 aliphatic carbocycles. The zero-order valence-electron chi connectivity index (χ0n) is 12.3. The third-order valence-electron chi connectivity index (χ3n) is 3.93. The average Bonchev–Trinajstić information content (AvgIpc) is 3.07. The lowest BCUT2D eigenvalue weighted by Gasteiger charge is -2.23. The van der Waals surface area contributed by atoms with E-state index in [1.807, 2.05) is 6.20 Å². The number of anilines is 1. The number of carbonyl (C=O) groups is 1. The summed E-state index contributed by atoms with van der Waals surface area (Å²) in [7, 11) is 0. The number of nitrogens with zero attached hydrogens (tertiary/aromatic N) is 4. The summed E-state index contributed by atoms with van der Waals surface area (Å²) in [4.78, 5) is 19.2. The molecule has 1 aliphatic heterocycles. The molecule has 22 heavy (non-hydrogen) atoms. The number of fused-ring (bicyclic) bond motifs is 1. The molecule has 6 heteroatoms. The molecule has 0 unspecified atom stereocenters. The van der Waals surface area contributed by atoms with Gasteiger partial charge in [-0.1, -0.05) is 41.2 Å². The average molecular weight is 312 g/mol. The summed E-state index contributed by atoms with van der Waals surface area (Å²) in [6, 6.07) is 8.29. The molecule has 0 radical (unpaired) electrons. The molecule has 3 aromatic rings. The van der Waals surface area contributed by atoms with Gasteiger partial charge in [-0.15, -0.1) is 5.10 Å². The van der Waals surface area contributed by atoms with Crippen molar-refractivity contribution in [1.82, 2.24) is 14.6 Å². The van der Waals surface area contributed by atoms with E-state index in [0.29, 0.717) is 6.42 Å². The minimum Gasteiger partial charge on any atom is -0.287 e. The Morgan fingerprint density at radius 1 is 1.18 bits per heavy atom. The number of hydrogen-bond donors (Lipinski definition) is 0. The summed E-state index contributed by atoms with van der Waals surface area (Å²) in [6.45, 7) is 2.83. The van der Waals surface area contributed by atoms with Gasteiger partial charge in [-0.05, 0) is 19.8 Å². The summed E-state index contributed by atoms with van der Waals surface area (Å²) in [5, 5.41) is 5.28. The zero-order chi connectivity index (χ0) is 15.1. The number of aryl methyl sites for hydroxylation is 1. The molecule has 1 fully saturated rings. The summed E-state index contributed by atoms with van der Waals surface area (Å²) in [5.41, 5.74) is 3.22. The van der Waals surface area contributed by atoms with Gasteiger partial charge >= 0.3 is 0 Å². The highest BCUT2D eigenvalue weighted by Gasteiger charge is 2.23. The van der Waals surface area contributed by atoms with Gasteiger partial charge in [-0.3, -0.25) is 9.69 Å². The van der Waals surface area contributed by atoms with Crippen LogP contribution in [0.25, 0.3) is 16.2 Å². The van der Waals surface area contributed by atoms with E-state index in [4.69, 9.17) is 0 Å². The molecule has 1 saturated heterocycles. The van der Waals surface area contributed by atoms with Crippen molar-refractivity contribution >= 4 is 27.3 Å². The number of aromatic nitrogens is 3. The molecule has 1 amide bonds. The van der Waals surface area contributed by atoms with Gasteiger partial charge in [-0.25, -0.2) is 9.50 Å². The fraction of sp³-hybridized carbons (Fsp3) is 0.312. The first kappa shape index (κ1) is 13.5. The number of piperidine rings is 1. The van der Waals surface area contributed by atoms with Crippen molar-refractivity contribution in [2.24, 2.45) is 0 Å². The van der Waals surface area contributed by atoms with E-state index in [-0.39, 0.29) is 5.91 Å². The van der Waals surface area contributed by atoms with E-state index < -0.39 is 0 Å². The third kappa shape index (κ3) is 2.29. The highest BCUT2D eigenvalue weighted by molar-refractivity contribution is 7.20. The van der Waals surface area contributed by atoms with Crippen LogP contribution in [0.1, 0.15) is 24.8 Å². The smallest absolute Gasteiger partial charge is 0.228 e. The second-order valence-electron chi connectivity index (χ2n) is 5.61. The molecule has 0 saturated carbocycles. The van der Waals surface area contributed by atoms with Crippen LogP contribution in [-0.2, 0) is 4.79 Å². The molecule has 1 aliphatic rings. The van der Waals surface area contributed by atoms with Crippen molar-refractivity contribution in [2.45, 2.75) is 26.2 Å². The van der Waals surface area contributed by atoms with Crippen molar-refractivity contribution in [3.8, 4) is 11.3 Å². The normalized spacial score (nSPS) is 15.7. The van der Waals surface area contributed by atoms with Gasteiger partial charge in [0.05, 0.1) is 11.9 Å². The molecule has 3 heterocycles. The molecule has 0 spiro atoms. The first-order valence-corrected chi connectivity index (χ1v) is 8.26. The number of rotatable bonds is 2. The molecule has 0 atom stereocenters. The number of benzene rings is 1. The van der Waals surface area contributed by atoms with Crippen molar-refractivity contribution in [3.63, 3.8) is 0 Å². The largest absolute Gasteiger partial charge is 0.287 e. The molecule has 1 aromatic carbocycles. The predicted molar refractivity (Wildman–Crippen MR) is 87.2 cm³/mol. The lowest BCUT2D eigenvalue weighted by molar-refractivity contribution is -0.119. The minimum absolute atomic E-state index is 0.169. The van der Waals surface area contributed by atoms with Crippen LogP contribution in [0.2, 0.25) is 0 Å². The van der Waals surface area contributed by atoms with Gasteiger partial charge in [0.15, 0.2) is 0 Å². The van der Waals surface area contributed by atoms with Crippen LogP contribution in [0.3, 0.4) is 0 Å². The second-order valence-corrected chi connectivity index (χ2v) is 6.54. The molecule has 0 bridgehead atoms. The number of amides is 1. The predicted octanol–water partition coefficient (Wildman–Crippen LogP) is 3.28. The van der Waals surface area contributed by atoms with Crippen molar-refractivity contribution in [2.75, 3.05) is 11.4 Å². The van der Waals surface area contributed by atoms with Crippen LogP contribution in [0.5, 0.6) is 0 Å². The molecule has 2 aromatic heterocycles. The van der Waals surface area contributed by atoms with E-state index in [9.17, 15) is 4.79 Å². The highest BCUT2D eigenvalue weighted by Crippen LogP contribution is 2.28. The van der Waals surface area contributed by atoms with Crippen LogP contribution in [0.4, 0.5) is 5.13 Å². The Morgan fingerprint density at radius 2 is 2.00 bits per heavy atom. The molecule has 112 valence electrons. The number of hydrogen-bond acceptors (Lipinski definition) is 4. The third-order valence-corrected chi connectivity index (χ3v) is 4.88. The Kier molecular flexibility index (Phi) is 3.18. The maximum Gasteiger partial charge on any atom is 0.228 e. The second kappa shape index (κ2) is 5.21. The molecule has 0 N–H and O–H groups in total. The fourth-order valence-corrected chi connectivity index (χ4v) is 3.60. The van der Waals surface area contributed by atoms with Crippen molar-refractivity contribution in [1.29, 1.82) is 0 Å². The Balaban J connectivity index is 1.67. The molecule has 4 rings (SSSR count). The lowest BCUT2D eigenvalue weighted by Crippen LogP contribution is -2.35. The summed E-state index contributed by atoms with van der Waals surface area (Å²) < 4.78 is 1.77. The minimum atomic E-state index is 0.169. The van der Waals surface area contributed by atoms with Crippen molar-refractivity contribution in [3.05, 3.63) is 36.0 Å². The van der Waals surface area contributed by atoms with Crippen LogP contribution in [-0.4, -0.2) is 27.0 Å². The quantitative estimate of drug-likeness (QED) is 0.729. The van der Waals surface area contributed by atoms with Gasteiger partial charge in [0.25, 0.3) is 0 Å². The zero-order valence-corrected chi connectivity index (χ0v) is 13.1. The first-order valence-electron chi connectivity index (χ1n) is 7.44. The fourth-order valence-electron chi connectivity index (χ4n) is 2.67. The molecular formula is C16H16N4OS. The molecular weight excluding hydrogens is 296 g/mol. The van der Waals surface area contributed by atoms with Gasteiger partial charge in [0, 0.05) is 18.5 Å². The maximum atomic E-state index is 12.0.